The second kappa shape index (κ2) is 10.0. The molecule has 1 N–H and O–H groups in total. The van der Waals surface area contributed by atoms with E-state index in [4.69, 9.17) is 25.8 Å². The molecule has 0 bridgehead atoms. The van der Waals surface area contributed by atoms with Gasteiger partial charge < -0.3 is 19.5 Å². The van der Waals surface area contributed by atoms with Crippen molar-refractivity contribution in [3.63, 3.8) is 0 Å². The Kier molecular flexibility index (Phi) is 7.18. The summed E-state index contributed by atoms with van der Waals surface area (Å²) in [6, 6.07) is 21.6. The van der Waals surface area contributed by atoms with Crippen LogP contribution in [-0.4, -0.2) is 14.2 Å². The quantitative estimate of drug-likeness (QED) is 0.537. The summed E-state index contributed by atoms with van der Waals surface area (Å²) in [5.41, 5.74) is 3.39. The molecular weight excluding hydrogens is 374 g/mol. The monoisotopic (exact) mass is 397 g/mol. The van der Waals surface area contributed by atoms with Crippen molar-refractivity contribution in [1.29, 1.82) is 0 Å². The van der Waals surface area contributed by atoms with E-state index in [2.05, 4.69) is 17.4 Å². The van der Waals surface area contributed by atoms with Crippen LogP contribution in [0.2, 0.25) is 5.02 Å². The van der Waals surface area contributed by atoms with E-state index in [0.29, 0.717) is 11.6 Å². The molecule has 0 fully saturated rings. The van der Waals surface area contributed by atoms with Crippen molar-refractivity contribution in [2.75, 3.05) is 14.2 Å². The smallest absolute Gasteiger partial charge is 0.161 e. The Morgan fingerprint density at radius 3 is 2.04 bits per heavy atom. The van der Waals surface area contributed by atoms with Gasteiger partial charge in [-0.3, -0.25) is 0 Å². The van der Waals surface area contributed by atoms with Gasteiger partial charge in [0.1, 0.15) is 12.4 Å². The van der Waals surface area contributed by atoms with Crippen LogP contribution in [0.3, 0.4) is 0 Å². The zero-order valence-electron chi connectivity index (χ0n) is 16.1. The number of methoxy groups -OCH3 is 2. The van der Waals surface area contributed by atoms with Crippen LogP contribution in [0.15, 0.2) is 66.7 Å². The zero-order valence-corrected chi connectivity index (χ0v) is 16.8. The minimum absolute atomic E-state index is 0.461. The van der Waals surface area contributed by atoms with Crippen molar-refractivity contribution in [2.24, 2.45) is 0 Å². The molecule has 0 atom stereocenters. The molecule has 5 heteroatoms. The van der Waals surface area contributed by atoms with Gasteiger partial charge in [-0.1, -0.05) is 41.9 Å². The summed E-state index contributed by atoms with van der Waals surface area (Å²) in [5, 5.41) is 4.16. The molecule has 0 unspecified atom stereocenters. The van der Waals surface area contributed by atoms with Gasteiger partial charge in [-0.25, -0.2) is 0 Å². The van der Waals surface area contributed by atoms with Crippen molar-refractivity contribution in [3.05, 3.63) is 88.4 Å². The first-order valence-corrected chi connectivity index (χ1v) is 9.43. The number of benzene rings is 3. The summed E-state index contributed by atoms with van der Waals surface area (Å²) in [6.45, 7) is 1.98. The third-order valence-electron chi connectivity index (χ3n) is 4.35. The van der Waals surface area contributed by atoms with E-state index >= 15 is 0 Å². The van der Waals surface area contributed by atoms with Crippen molar-refractivity contribution < 1.29 is 14.2 Å². The van der Waals surface area contributed by atoms with Crippen LogP contribution in [0.4, 0.5) is 0 Å². The van der Waals surface area contributed by atoms with E-state index in [1.54, 1.807) is 14.2 Å². The molecule has 0 spiro atoms. The van der Waals surface area contributed by atoms with Gasteiger partial charge in [-0.2, -0.15) is 0 Å². The zero-order chi connectivity index (χ0) is 19.8. The van der Waals surface area contributed by atoms with Crippen LogP contribution in [-0.2, 0) is 19.7 Å². The number of nitrogens with one attached hydrogen (secondary N) is 1. The summed E-state index contributed by atoms with van der Waals surface area (Å²) in [5.74, 6) is 2.30. The van der Waals surface area contributed by atoms with Gasteiger partial charge >= 0.3 is 0 Å². The molecule has 0 saturated heterocycles. The number of hydrogen-bond donors (Lipinski definition) is 1. The van der Waals surface area contributed by atoms with Gasteiger partial charge in [0.25, 0.3) is 0 Å². The molecule has 0 aliphatic carbocycles. The van der Waals surface area contributed by atoms with Crippen molar-refractivity contribution in [2.45, 2.75) is 19.7 Å². The fourth-order valence-corrected chi connectivity index (χ4v) is 2.90. The predicted octanol–water partition coefficient (Wildman–Crippen LogP) is 5.23. The van der Waals surface area contributed by atoms with Gasteiger partial charge in [-0.15, -0.1) is 0 Å². The maximum Gasteiger partial charge on any atom is 0.161 e. The van der Waals surface area contributed by atoms with Crippen LogP contribution in [0, 0.1) is 0 Å². The lowest BCUT2D eigenvalue weighted by Crippen LogP contribution is -2.12. The summed E-state index contributed by atoms with van der Waals surface area (Å²) in [6.07, 6.45) is 0. The highest BCUT2D eigenvalue weighted by atomic mass is 35.5. The van der Waals surface area contributed by atoms with Crippen LogP contribution in [0.1, 0.15) is 16.7 Å². The summed E-state index contributed by atoms with van der Waals surface area (Å²) in [7, 11) is 3.32. The molecule has 146 valence electrons. The van der Waals surface area contributed by atoms with Crippen LogP contribution in [0.5, 0.6) is 17.2 Å². The summed E-state index contributed by atoms with van der Waals surface area (Å²) in [4.78, 5) is 0. The number of hydrogen-bond acceptors (Lipinski definition) is 4. The molecule has 0 aliphatic heterocycles. The molecule has 0 heterocycles. The average Bonchev–Trinajstić information content (AvgIpc) is 2.74. The number of halogens is 1. The third-order valence-corrected chi connectivity index (χ3v) is 4.60. The fourth-order valence-electron chi connectivity index (χ4n) is 2.78. The normalized spacial score (nSPS) is 10.5. The van der Waals surface area contributed by atoms with E-state index in [9.17, 15) is 0 Å². The first kappa shape index (κ1) is 20.1. The largest absolute Gasteiger partial charge is 0.497 e. The van der Waals surface area contributed by atoms with Crippen LogP contribution in [0.25, 0.3) is 0 Å². The molecule has 28 heavy (non-hydrogen) atoms. The van der Waals surface area contributed by atoms with Crippen molar-refractivity contribution >= 4 is 11.6 Å². The Morgan fingerprint density at radius 2 is 1.36 bits per heavy atom. The van der Waals surface area contributed by atoms with Crippen molar-refractivity contribution in [1.82, 2.24) is 5.32 Å². The van der Waals surface area contributed by atoms with Crippen LogP contribution >= 0.6 is 11.6 Å². The Hall–Kier alpha value is -2.69. The molecule has 0 aliphatic rings. The van der Waals surface area contributed by atoms with E-state index in [1.807, 2.05) is 54.6 Å². The fraction of sp³-hybridized carbons (Fsp3) is 0.217. The second-order valence-electron chi connectivity index (χ2n) is 6.35. The van der Waals surface area contributed by atoms with E-state index in [0.717, 1.165) is 41.5 Å². The molecule has 3 aromatic carbocycles. The van der Waals surface area contributed by atoms with Gasteiger partial charge in [0.15, 0.2) is 11.5 Å². The highest BCUT2D eigenvalue weighted by Crippen LogP contribution is 2.29. The first-order valence-electron chi connectivity index (χ1n) is 9.06. The number of ether oxygens (including phenoxy) is 3. The third kappa shape index (κ3) is 5.65. The minimum Gasteiger partial charge on any atom is -0.497 e. The maximum atomic E-state index is 5.92. The lowest BCUT2D eigenvalue weighted by molar-refractivity contribution is 0.284. The van der Waals surface area contributed by atoms with Crippen molar-refractivity contribution in [3.8, 4) is 17.2 Å². The first-order chi connectivity index (χ1) is 13.7. The molecule has 0 radical (unpaired) electrons. The molecule has 3 rings (SSSR count). The Balaban J connectivity index is 1.55. The molecular formula is C23H24ClNO3. The molecule has 3 aromatic rings. The minimum atomic E-state index is 0.461. The highest BCUT2D eigenvalue weighted by molar-refractivity contribution is 6.30. The molecule has 0 amide bonds. The predicted molar refractivity (Wildman–Crippen MR) is 112 cm³/mol. The van der Waals surface area contributed by atoms with Gasteiger partial charge in [0, 0.05) is 18.1 Å². The Morgan fingerprint density at radius 1 is 0.714 bits per heavy atom. The summed E-state index contributed by atoms with van der Waals surface area (Å²) < 4.78 is 16.6. The Labute approximate surface area is 171 Å². The Bertz CT molecular complexity index is 879. The average molecular weight is 398 g/mol. The highest BCUT2D eigenvalue weighted by Gasteiger charge is 2.07. The lowest BCUT2D eigenvalue weighted by Gasteiger charge is -2.13. The summed E-state index contributed by atoms with van der Waals surface area (Å²) >= 11 is 5.92. The topological polar surface area (TPSA) is 39.7 Å². The SMILES string of the molecule is COc1ccc(CNCc2ccc(OCc3ccc(Cl)cc3)c(OC)c2)cc1. The number of rotatable bonds is 9. The van der Waals surface area contributed by atoms with Gasteiger partial charge in [0.2, 0.25) is 0 Å². The molecule has 0 aromatic heterocycles. The molecule has 0 saturated carbocycles. The van der Waals surface area contributed by atoms with E-state index < -0.39 is 0 Å². The standard InChI is InChI=1S/C23H24ClNO3/c1-26-21-10-5-17(6-11-21)14-25-15-19-7-12-22(23(13-19)27-2)28-16-18-3-8-20(24)9-4-18/h3-13,25H,14-16H2,1-2H3. The van der Waals surface area contributed by atoms with E-state index in [1.165, 1.54) is 5.56 Å². The second-order valence-corrected chi connectivity index (χ2v) is 6.79. The van der Waals surface area contributed by atoms with Gasteiger partial charge in [-0.05, 0) is 53.1 Å². The van der Waals surface area contributed by atoms with E-state index in [-0.39, 0.29) is 0 Å². The maximum absolute atomic E-state index is 5.92. The van der Waals surface area contributed by atoms with Gasteiger partial charge in [0.05, 0.1) is 14.2 Å². The van der Waals surface area contributed by atoms with Crippen LogP contribution < -0.4 is 19.5 Å². The molecule has 4 nitrogen and oxygen atoms in total. The lowest BCUT2D eigenvalue weighted by atomic mass is 10.1.